The zero-order valence-electron chi connectivity index (χ0n) is 13.2. The number of hydrogen-bond donors (Lipinski definition) is 1. The molecule has 9 heteroatoms. The van der Waals surface area contributed by atoms with Gasteiger partial charge in [0.1, 0.15) is 12.1 Å². The highest BCUT2D eigenvalue weighted by Crippen LogP contribution is 2.34. The van der Waals surface area contributed by atoms with Crippen molar-refractivity contribution in [2.24, 2.45) is 0 Å². The molecule has 3 aromatic rings. The van der Waals surface area contributed by atoms with Gasteiger partial charge in [-0.1, -0.05) is 12.1 Å². The van der Waals surface area contributed by atoms with Crippen LogP contribution < -0.4 is 10.1 Å². The molecule has 0 aliphatic heterocycles. The minimum atomic E-state index is -4.65. The second-order valence-corrected chi connectivity index (χ2v) is 5.77. The van der Waals surface area contributed by atoms with E-state index >= 15 is 0 Å². The average molecular weight is 349 g/mol. The van der Waals surface area contributed by atoms with Crippen molar-refractivity contribution in [2.45, 2.75) is 25.1 Å². The van der Waals surface area contributed by atoms with Crippen molar-refractivity contribution < 1.29 is 17.9 Å². The van der Waals surface area contributed by atoms with Crippen LogP contribution in [0.25, 0.3) is 16.9 Å². The molecule has 6 nitrogen and oxygen atoms in total. The van der Waals surface area contributed by atoms with Crippen LogP contribution in [-0.4, -0.2) is 32.7 Å². The molecule has 1 N–H and O–H groups in total. The van der Waals surface area contributed by atoms with Gasteiger partial charge < -0.3 is 10.1 Å². The van der Waals surface area contributed by atoms with Crippen LogP contribution in [0.15, 0.2) is 30.6 Å². The van der Waals surface area contributed by atoms with E-state index in [1.807, 2.05) is 0 Å². The van der Waals surface area contributed by atoms with E-state index in [4.69, 9.17) is 4.74 Å². The van der Waals surface area contributed by atoms with E-state index < -0.39 is 12.0 Å². The summed E-state index contributed by atoms with van der Waals surface area (Å²) in [6, 6.07) is 7.12. The number of nitrogens with one attached hydrogen (secondary N) is 1. The van der Waals surface area contributed by atoms with E-state index in [0.717, 1.165) is 12.8 Å². The number of alkyl halides is 3. The number of hydrogen-bond acceptors (Lipinski definition) is 5. The molecule has 1 aliphatic rings. The Labute approximate surface area is 140 Å². The summed E-state index contributed by atoms with van der Waals surface area (Å²) in [7, 11) is 1.49. The molecule has 0 saturated heterocycles. The highest BCUT2D eigenvalue weighted by Gasteiger charge is 2.37. The van der Waals surface area contributed by atoms with Gasteiger partial charge in [-0.25, -0.2) is 15.0 Å². The molecule has 0 spiro atoms. The highest BCUT2D eigenvalue weighted by atomic mass is 19.4. The van der Waals surface area contributed by atoms with Gasteiger partial charge in [0, 0.05) is 6.04 Å². The monoisotopic (exact) mass is 349 g/mol. The molecule has 25 heavy (non-hydrogen) atoms. The highest BCUT2D eigenvalue weighted by molar-refractivity contribution is 5.85. The van der Waals surface area contributed by atoms with Crippen molar-refractivity contribution in [3.63, 3.8) is 0 Å². The van der Waals surface area contributed by atoms with E-state index in [2.05, 4.69) is 20.3 Å². The number of para-hydroxylation sites is 2. The lowest BCUT2D eigenvalue weighted by Gasteiger charge is -2.12. The van der Waals surface area contributed by atoms with E-state index in [9.17, 15) is 13.2 Å². The Hall–Kier alpha value is -2.84. The molecule has 2 heterocycles. The maximum Gasteiger partial charge on any atom is 0.451 e. The lowest BCUT2D eigenvalue weighted by molar-refractivity contribution is -0.144. The van der Waals surface area contributed by atoms with Gasteiger partial charge in [0.2, 0.25) is 5.82 Å². The molecule has 0 amide bonds. The van der Waals surface area contributed by atoms with Crippen LogP contribution in [-0.2, 0) is 6.18 Å². The van der Waals surface area contributed by atoms with Gasteiger partial charge in [-0.15, -0.1) is 0 Å². The smallest absolute Gasteiger partial charge is 0.451 e. The standard InChI is InChI=1S/C16H14F3N5O/c1-25-11-5-3-2-4-10(11)24-8-20-12-13(21-9-6-7-9)22-15(16(17,18)19)23-14(12)24/h2-5,8-9H,6-7H2,1H3,(H,21,22,23). The van der Waals surface area contributed by atoms with E-state index in [1.165, 1.54) is 18.0 Å². The van der Waals surface area contributed by atoms with E-state index in [1.54, 1.807) is 24.3 Å². The molecule has 1 saturated carbocycles. The second-order valence-electron chi connectivity index (χ2n) is 5.77. The normalized spacial score (nSPS) is 14.7. The number of anilines is 1. The molecule has 130 valence electrons. The summed E-state index contributed by atoms with van der Waals surface area (Å²) in [5.41, 5.74) is 0.928. The Morgan fingerprint density at radius 1 is 1.20 bits per heavy atom. The Bertz CT molecular complexity index is 933. The minimum Gasteiger partial charge on any atom is -0.495 e. The van der Waals surface area contributed by atoms with Crippen molar-refractivity contribution >= 4 is 17.0 Å². The predicted molar refractivity (Wildman–Crippen MR) is 84.9 cm³/mol. The van der Waals surface area contributed by atoms with Crippen LogP contribution >= 0.6 is 0 Å². The van der Waals surface area contributed by atoms with Gasteiger partial charge in [0.05, 0.1) is 12.8 Å². The molecule has 2 aromatic heterocycles. The number of benzene rings is 1. The van der Waals surface area contributed by atoms with Gasteiger partial charge in [0.25, 0.3) is 0 Å². The molecule has 0 atom stereocenters. The number of rotatable bonds is 4. The summed E-state index contributed by atoms with van der Waals surface area (Å²) >= 11 is 0. The lowest BCUT2D eigenvalue weighted by atomic mass is 10.3. The minimum absolute atomic E-state index is 0.0787. The number of methoxy groups -OCH3 is 1. The summed E-state index contributed by atoms with van der Waals surface area (Å²) in [6.07, 6.45) is -1.42. The van der Waals surface area contributed by atoms with Crippen molar-refractivity contribution in [3.05, 3.63) is 36.4 Å². The SMILES string of the molecule is COc1ccccc1-n1cnc2c(NC3CC3)nc(C(F)(F)F)nc21. The van der Waals surface area contributed by atoms with Crippen molar-refractivity contribution in [3.8, 4) is 11.4 Å². The molecular weight excluding hydrogens is 335 g/mol. The summed E-state index contributed by atoms with van der Waals surface area (Å²) < 4.78 is 46.4. The third-order valence-electron chi connectivity index (χ3n) is 3.91. The number of halogens is 3. The fraction of sp³-hybridized carbons (Fsp3) is 0.312. The Kier molecular flexibility index (Phi) is 3.52. The first kappa shape index (κ1) is 15.7. The number of fused-ring (bicyclic) bond motifs is 1. The first-order chi connectivity index (χ1) is 12.0. The van der Waals surface area contributed by atoms with Gasteiger partial charge in [-0.05, 0) is 25.0 Å². The molecule has 0 radical (unpaired) electrons. The van der Waals surface area contributed by atoms with Crippen molar-refractivity contribution in [2.75, 3.05) is 12.4 Å². The molecule has 4 rings (SSSR count). The predicted octanol–water partition coefficient (Wildman–Crippen LogP) is 3.42. The Morgan fingerprint density at radius 3 is 2.64 bits per heavy atom. The van der Waals surface area contributed by atoms with Gasteiger partial charge in [-0.2, -0.15) is 13.2 Å². The molecule has 1 fully saturated rings. The number of imidazole rings is 1. The quantitative estimate of drug-likeness (QED) is 0.782. The average Bonchev–Trinajstić information content (AvgIpc) is 3.30. The zero-order valence-corrected chi connectivity index (χ0v) is 13.2. The molecular formula is C16H14F3N5O. The fourth-order valence-corrected chi connectivity index (χ4v) is 2.55. The third kappa shape index (κ3) is 2.86. The van der Waals surface area contributed by atoms with E-state index in [-0.39, 0.29) is 17.5 Å². The summed E-state index contributed by atoms with van der Waals surface area (Å²) in [5, 5.41) is 3.01. The molecule has 1 aliphatic carbocycles. The van der Waals surface area contributed by atoms with Crippen molar-refractivity contribution in [1.82, 2.24) is 19.5 Å². The van der Waals surface area contributed by atoms with Crippen LogP contribution in [0.1, 0.15) is 18.7 Å². The Balaban J connectivity index is 1.94. The second kappa shape index (κ2) is 5.61. The molecule has 0 unspecified atom stereocenters. The topological polar surface area (TPSA) is 64.9 Å². The number of nitrogens with zero attached hydrogens (tertiary/aromatic N) is 4. The van der Waals surface area contributed by atoms with Gasteiger partial charge in [-0.3, -0.25) is 4.57 Å². The summed E-state index contributed by atoms with van der Waals surface area (Å²) in [5.74, 6) is -0.584. The molecule has 1 aromatic carbocycles. The lowest BCUT2D eigenvalue weighted by Crippen LogP contribution is -2.15. The maximum atomic E-state index is 13.2. The Morgan fingerprint density at radius 2 is 1.96 bits per heavy atom. The van der Waals surface area contributed by atoms with Crippen LogP contribution in [0, 0.1) is 0 Å². The van der Waals surface area contributed by atoms with Gasteiger partial charge >= 0.3 is 6.18 Å². The maximum absolute atomic E-state index is 13.2. The van der Waals surface area contributed by atoms with Gasteiger partial charge in [0.15, 0.2) is 17.0 Å². The summed E-state index contributed by atoms with van der Waals surface area (Å²) in [6.45, 7) is 0. The summed E-state index contributed by atoms with van der Waals surface area (Å²) in [4.78, 5) is 11.6. The largest absolute Gasteiger partial charge is 0.495 e. The third-order valence-corrected chi connectivity index (χ3v) is 3.91. The number of ether oxygens (including phenoxy) is 1. The number of aromatic nitrogens is 4. The van der Waals surface area contributed by atoms with Crippen LogP contribution in [0.4, 0.5) is 19.0 Å². The molecule has 0 bridgehead atoms. The first-order valence-corrected chi connectivity index (χ1v) is 7.69. The first-order valence-electron chi connectivity index (χ1n) is 7.69. The fourth-order valence-electron chi connectivity index (χ4n) is 2.55. The zero-order chi connectivity index (χ0) is 17.6. The van der Waals surface area contributed by atoms with Crippen molar-refractivity contribution in [1.29, 1.82) is 0 Å². The van der Waals surface area contributed by atoms with Crippen LogP contribution in [0.5, 0.6) is 5.75 Å². The van der Waals surface area contributed by atoms with Crippen LogP contribution in [0.2, 0.25) is 0 Å². The van der Waals surface area contributed by atoms with E-state index in [0.29, 0.717) is 17.0 Å². The van der Waals surface area contributed by atoms with Crippen LogP contribution in [0.3, 0.4) is 0 Å².